The molecule has 0 spiro atoms. The van der Waals surface area contributed by atoms with Gasteiger partial charge in [0.1, 0.15) is 0 Å². The fraction of sp³-hybridized carbons (Fsp3) is 0.231. The summed E-state index contributed by atoms with van der Waals surface area (Å²) in [5.74, 6) is 0. The highest BCUT2D eigenvalue weighted by Crippen LogP contribution is 2.16. The van der Waals surface area contributed by atoms with Gasteiger partial charge in [0.2, 0.25) is 0 Å². The van der Waals surface area contributed by atoms with Gasteiger partial charge in [-0.3, -0.25) is 4.99 Å². The summed E-state index contributed by atoms with van der Waals surface area (Å²) in [6.07, 6.45) is 3.49. The average Bonchev–Trinajstić information content (AvgIpc) is 2.66. The summed E-state index contributed by atoms with van der Waals surface area (Å²) < 4.78 is 0. The van der Waals surface area contributed by atoms with Crippen molar-refractivity contribution < 1.29 is 0 Å². The van der Waals surface area contributed by atoms with E-state index in [1.54, 1.807) is 0 Å². The molecule has 2 rings (SSSR count). The fourth-order valence-electron chi connectivity index (χ4n) is 1.68. The molecule has 0 radical (unpaired) electrons. The van der Waals surface area contributed by atoms with E-state index in [9.17, 15) is 0 Å². The molecule has 1 heterocycles. The molecule has 0 saturated heterocycles. The van der Waals surface area contributed by atoms with E-state index >= 15 is 0 Å². The van der Waals surface area contributed by atoms with Crippen LogP contribution in [0.1, 0.15) is 24.5 Å². The topological polar surface area (TPSA) is 36.1 Å². The van der Waals surface area contributed by atoms with E-state index < -0.39 is 0 Å². The summed E-state index contributed by atoms with van der Waals surface area (Å²) >= 11 is 0. The van der Waals surface area contributed by atoms with Crippen LogP contribution in [0.4, 0.5) is 0 Å². The van der Waals surface area contributed by atoms with Gasteiger partial charge < -0.3 is 0 Å². The smallest absolute Gasteiger partial charge is 0.0669 e. The molecule has 0 fully saturated rings. The Kier molecular flexibility index (Phi) is 2.64. The SMILES string of the molecule is CC1=CCC(c2cccc(CC#N)c2)=N1. The summed E-state index contributed by atoms with van der Waals surface area (Å²) in [6.45, 7) is 2.01. The molecule has 0 aromatic heterocycles. The Labute approximate surface area is 89.6 Å². The molecule has 1 aromatic carbocycles. The van der Waals surface area contributed by atoms with E-state index in [2.05, 4.69) is 23.2 Å². The molecule has 2 heteroatoms. The summed E-state index contributed by atoms with van der Waals surface area (Å²) in [5.41, 5.74) is 4.38. The molecule has 15 heavy (non-hydrogen) atoms. The molecule has 0 aliphatic carbocycles. The number of aliphatic imine (C=N–C) groups is 1. The van der Waals surface area contributed by atoms with Crippen molar-refractivity contribution >= 4 is 5.71 Å². The van der Waals surface area contributed by atoms with Crippen molar-refractivity contribution in [2.24, 2.45) is 4.99 Å². The van der Waals surface area contributed by atoms with E-state index in [0.717, 1.165) is 29.0 Å². The summed E-state index contributed by atoms with van der Waals surface area (Å²) in [6, 6.07) is 10.2. The first-order chi connectivity index (χ1) is 7.29. The van der Waals surface area contributed by atoms with E-state index in [1.807, 2.05) is 25.1 Å². The number of nitrogens with zero attached hydrogens (tertiary/aromatic N) is 2. The minimum absolute atomic E-state index is 0.466. The van der Waals surface area contributed by atoms with Crippen molar-refractivity contribution in [3.8, 4) is 6.07 Å². The van der Waals surface area contributed by atoms with Gasteiger partial charge in [-0.05, 0) is 24.1 Å². The molecule has 0 unspecified atom stereocenters. The molecule has 0 atom stereocenters. The van der Waals surface area contributed by atoms with Gasteiger partial charge in [-0.25, -0.2) is 0 Å². The lowest BCUT2D eigenvalue weighted by molar-refractivity contribution is 1.26. The van der Waals surface area contributed by atoms with Gasteiger partial charge in [-0.1, -0.05) is 24.3 Å². The van der Waals surface area contributed by atoms with E-state index in [1.165, 1.54) is 0 Å². The van der Waals surface area contributed by atoms with Crippen molar-refractivity contribution in [1.29, 1.82) is 5.26 Å². The predicted molar refractivity (Wildman–Crippen MR) is 60.7 cm³/mol. The van der Waals surface area contributed by atoms with E-state index in [4.69, 9.17) is 5.26 Å². The summed E-state index contributed by atoms with van der Waals surface area (Å²) in [7, 11) is 0. The molecule has 2 nitrogen and oxygen atoms in total. The van der Waals surface area contributed by atoms with Gasteiger partial charge >= 0.3 is 0 Å². The third kappa shape index (κ3) is 2.13. The molecule has 0 saturated carbocycles. The van der Waals surface area contributed by atoms with Crippen LogP contribution in [0.15, 0.2) is 41.0 Å². The van der Waals surface area contributed by atoms with Crippen molar-refractivity contribution in [2.45, 2.75) is 19.8 Å². The predicted octanol–water partition coefficient (Wildman–Crippen LogP) is 2.85. The highest BCUT2D eigenvalue weighted by atomic mass is 14.8. The van der Waals surface area contributed by atoms with Gasteiger partial charge in [0.05, 0.1) is 18.2 Å². The van der Waals surface area contributed by atoms with Crippen LogP contribution in [0.25, 0.3) is 0 Å². The minimum atomic E-state index is 0.466. The first-order valence-electron chi connectivity index (χ1n) is 5.00. The van der Waals surface area contributed by atoms with Crippen LogP contribution < -0.4 is 0 Å². The number of nitriles is 1. The van der Waals surface area contributed by atoms with Crippen molar-refractivity contribution in [3.63, 3.8) is 0 Å². The lowest BCUT2D eigenvalue weighted by atomic mass is 10.0. The number of hydrogen-bond donors (Lipinski definition) is 0. The van der Waals surface area contributed by atoms with Crippen LogP contribution in [-0.4, -0.2) is 5.71 Å². The zero-order valence-corrected chi connectivity index (χ0v) is 8.70. The minimum Gasteiger partial charge on any atom is -0.258 e. The standard InChI is InChI=1S/C13H12N2/c1-10-5-6-13(15-10)12-4-2-3-11(9-12)7-8-14/h2-5,9H,6-7H2,1H3. The Morgan fingerprint density at radius 3 is 3.00 bits per heavy atom. The highest BCUT2D eigenvalue weighted by Gasteiger charge is 2.08. The zero-order chi connectivity index (χ0) is 10.7. The Balaban J connectivity index is 2.27. The first-order valence-corrected chi connectivity index (χ1v) is 5.00. The molecule has 1 aliphatic rings. The fourth-order valence-corrected chi connectivity index (χ4v) is 1.68. The second-order valence-corrected chi connectivity index (χ2v) is 3.64. The number of hydrogen-bond acceptors (Lipinski definition) is 2. The number of benzene rings is 1. The van der Waals surface area contributed by atoms with Crippen molar-refractivity contribution in [1.82, 2.24) is 0 Å². The zero-order valence-electron chi connectivity index (χ0n) is 8.70. The van der Waals surface area contributed by atoms with E-state index in [-0.39, 0.29) is 0 Å². The highest BCUT2D eigenvalue weighted by molar-refractivity contribution is 6.03. The first kappa shape index (κ1) is 9.67. The maximum absolute atomic E-state index is 8.63. The van der Waals surface area contributed by atoms with Gasteiger partial charge in [0.25, 0.3) is 0 Å². The maximum atomic E-state index is 8.63. The van der Waals surface area contributed by atoms with Crippen LogP contribution >= 0.6 is 0 Å². The van der Waals surface area contributed by atoms with Crippen LogP contribution in [0.2, 0.25) is 0 Å². The Hall–Kier alpha value is -1.88. The van der Waals surface area contributed by atoms with Gasteiger partial charge in [0, 0.05) is 12.1 Å². The van der Waals surface area contributed by atoms with E-state index in [0.29, 0.717) is 6.42 Å². The summed E-state index contributed by atoms with van der Waals surface area (Å²) in [5, 5.41) is 8.63. The largest absolute Gasteiger partial charge is 0.258 e. The second-order valence-electron chi connectivity index (χ2n) is 3.64. The van der Waals surface area contributed by atoms with Gasteiger partial charge in [-0.15, -0.1) is 0 Å². The molecular weight excluding hydrogens is 184 g/mol. The summed E-state index contributed by atoms with van der Waals surface area (Å²) in [4.78, 5) is 4.45. The normalized spacial score (nSPS) is 14.4. The third-order valence-corrected chi connectivity index (χ3v) is 2.45. The van der Waals surface area contributed by atoms with Crippen LogP contribution in [0.3, 0.4) is 0 Å². The van der Waals surface area contributed by atoms with Crippen LogP contribution in [0.5, 0.6) is 0 Å². The quantitative estimate of drug-likeness (QED) is 0.716. The molecule has 0 bridgehead atoms. The molecule has 0 amide bonds. The Morgan fingerprint density at radius 1 is 1.47 bits per heavy atom. The number of rotatable bonds is 2. The van der Waals surface area contributed by atoms with Gasteiger partial charge in [-0.2, -0.15) is 5.26 Å². The molecule has 0 N–H and O–H groups in total. The Bertz CT molecular complexity index is 476. The monoisotopic (exact) mass is 196 g/mol. The molecule has 74 valence electrons. The maximum Gasteiger partial charge on any atom is 0.0669 e. The van der Waals surface area contributed by atoms with Crippen molar-refractivity contribution in [2.75, 3.05) is 0 Å². The Morgan fingerprint density at radius 2 is 2.33 bits per heavy atom. The lowest BCUT2D eigenvalue weighted by Crippen LogP contribution is -1.97. The molecular formula is C13H12N2. The van der Waals surface area contributed by atoms with Crippen LogP contribution in [-0.2, 0) is 6.42 Å². The number of allylic oxidation sites excluding steroid dienone is 2. The molecule has 1 aromatic rings. The third-order valence-electron chi connectivity index (χ3n) is 2.45. The van der Waals surface area contributed by atoms with Crippen molar-refractivity contribution in [3.05, 3.63) is 47.2 Å². The molecule has 1 aliphatic heterocycles. The second kappa shape index (κ2) is 4.10. The van der Waals surface area contributed by atoms with Crippen LogP contribution in [0, 0.1) is 11.3 Å². The lowest BCUT2D eigenvalue weighted by Gasteiger charge is -2.02. The average molecular weight is 196 g/mol. The van der Waals surface area contributed by atoms with Gasteiger partial charge in [0.15, 0.2) is 0 Å².